The van der Waals surface area contributed by atoms with Gasteiger partial charge in [-0.1, -0.05) is 18.2 Å². The summed E-state index contributed by atoms with van der Waals surface area (Å²) in [6.45, 7) is 2.22. The predicted octanol–water partition coefficient (Wildman–Crippen LogP) is 6.63. The Morgan fingerprint density at radius 3 is 2.67 bits per heavy atom. The average Bonchev–Trinajstić information content (AvgIpc) is 3.20. The van der Waals surface area contributed by atoms with Gasteiger partial charge in [-0.2, -0.15) is 5.26 Å². The van der Waals surface area contributed by atoms with Gasteiger partial charge < -0.3 is 9.72 Å². The summed E-state index contributed by atoms with van der Waals surface area (Å²) in [4.78, 5) is 18.3. The van der Waals surface area contributed by atoms with Crippen LogP contribution in [0, 0.1) is 35.5 Å². The first kappa shape index (κ1) is 23.2. The number of allylic oxidation sites excluding steroid dienone is 1. The molecule has 1 N–H and O–H groups in total. The number of nitrogens with one attached hydrogen (secondary N) is 1. The third-order valence-corrected chi connectivity index (χ3v) is 6.45. The fraction of sp³-hybridized carbons (Fsp3) is 0.0833. The minimum absolute atomic E-state index is 0.0331. The summed E-state index contributed by atoms with van der Waals surface area (Å²) in [7, 11) is 0. The number of aromatic nitrogens is 2. The molecule has 1 heterocycles. The van der Waals surface area contributed by atoms with Gasteiger partial charge in [0.2, 0.25) is 0 Å². The Hall–Kier alpha value is -2.98. The molecule has 0 amide bonds. The molecule has 0 atom stereocenters. The summed E-state index contributed by atoms with van der Waals surface area (Å²) in [5, 5.41) is 20.7. The highest BCUT2D eigenvalue weighted by molar-refractivity contribution is 14.1. The molecule has 33 heavy (non-hydrogen) atoms. The van der Waals surface area contributed by atoms with E-state index < -0.39 is 4.92 Å². The van der Waals surface area contributed by atoms with E-state index >= 15 is 0 Å². The fourth-order valence-electron chi connectivity index (χ4n) is 3.29. The van der Waals surface area contributed by atoms with Gasteiger partial charge in [-0.3, -0.25) is 10.1 Å². The SMILES string of the molecule is Cc1ccc2nc(/C(C#N)=C\c3cc(I)c(OCc4cccc([N+](=O)[O-])c4)c(I)c3)[nH]c2c1. The van der Waals surface area contributed by atoms with E-state index in [9.17, 15) is 15.4 Å². The van der Waals surface area contributed by atoms with Crippen LogP contribution >= 0.6 is 45.2 Å². The van der Waals surface area contributed by atoms with Crippen molar-refractivity contribution in [1.29, 1.82) is 5.26 Å². The number of hydrogen-bond donors (Lipinski definition) is 1. The smallest absolute Gasteiger partial charge is 0.269 e. The molecule has 3 aromatic carbocycles. The number of nitrogens with zero attached hydrogens (tertiary/aromatic N) is 3. The number of H-pyrrole nitrogens is 1. The minimum Gasteiger partial charge on any atom is -0.487 e. The van der Waals surface area contributed by atoms with Crippen molar-refractivity contribution in [2.75, 3.05) is 0 Å². The highest BCUT2D eigenvalue weighted by atomic mass is 127. The maximum absolute atomic E-state index is 11.0. The average molecular weight is 662 g/mol. The predicted molar refractivity (Wildman–Crippen MR) is 144 cm³/mol. The minimum atomic E-state index is -0.423. The summed E-state index contributed by atoms with van der Waals surface area (Å²) >= 11 is 4.37. The molecule has 0 bridgehead atoms. The molecule has 164 valence electrons. The second kappa shape index (κ2) is 9.88. The largest absolute Gasteiger partial charge is 0.487 e. The van der Waals surface area contributed by atoms with Crippen LogP contribution in [-0.4, -0.2) is 14.9 Å². The summed E-state index contributed by atoms with van der Waals surface area (Å²) in [6, 6.07) is 18.4. The van der Waals surface area contributed by atoms with Gasteiger partial charge in [0, 0.05) is 12.1 Å². The van der Waals surface area contributed by atoms with Crippen LogP contribution in [0.2, 0.25) is 0 Å². The monoisotopic (exact) mass is 662 g/mol. The van der Waals surface area contributed by atoms with E-state index in [2.05, 4.69) is 61.2 Å². The molecule has 4 rings (SSSR count). The number of hydrogen-bond acceptors (Lipinski definition) is 5. The highest BCUT2D eigenvalue weighted by Gasteiger charge is 2.13. The van der Waals surface area contributed by atoms with Crippen molar-refractivity contribution in [3.63, 3.8) is 0 Å². The summed E-state index contributed by atoms with van der Waals surface area (Å²) in [5.74, 6) is 1.21. The second-order valence-corrected chi connectivity index (χ2v) is 9.63. The quantitative estimate of drug-likeness (QED) is 0.108. The Labute approximate surface area is 216 Å². The zero-order chi connectivity index (χ0) is 23.5. The highest BCUT2D eigenvalue weighted by Crippen LogP contribution is 2.31. The van der Waals surface area contributed by atoms with Gasteiger partial charge in [0.25, 0.3) is 5.69 Å². The lowest BCUT2D eigenvalue weighted by atomic mass is 10.1. The number of nitriles is 1. The molecule has 0 radical (unpaired) electrons. The van der Waals surface area contributed by atoms with Crippen LogP contribution in [0.25, 0.3) is 22.7 Å². The first-order chi connectivity index (χ1) is 15.8. The molecule has 4 aromatic rings. The third-order valence-electron chi connectivity index (χ3n) is 4.85. The van der Waals surface area contributed by atoms with Crippen LogP contribution in [0.15, 0.2) is 54.6 Å². The Kier molecular flexibility index (Phi) is 6.94. The Morgan fingerprint density at radius 1 is 1.21 bits per heavy atom. The zero-order valence-corrected chi connectivity index (χ0v) is 21.6. The molecule has 0 aliphatic rings. The first-order valence-electron chi connectivity index (χ1n) is 9.78. The molecule has 9 heteroatoms. The van der Waals surface area contributed by atoms with Gasteiger partial charge in [0.1, 0.15) is 24.3 Å². The van der Waals surface area contributed by atoms with E-state index in [1.54, 1.807) is 18.2 Å². The van der Waals surface area contributed by atoms with Crippen molar-refractivity contribution < 1.29 is 9.66 Å². The van der Waals surface area contributed by atoms with Gasteiger partial charge in [-0.25, -0.2) is 4.98 Å². The molecule has 1 aromatic heterocycles. The zero-order valence-electron chi connectivity index (χ0n) is 17.3. The molecule has 0 saturated carbocycles. The van der Waals surface area contributed by atoms with E-state index in [4.69, 9.17) is 4.74 Å². The van der Waals surface area contributed by atoms with Crippen molar-refractivity contribution in [3.05, 3.63) is 94.4 Å². The Balaban J connectivity index is 1.59. The topological polar surface area (TPSA) is 105 Å². The van der Waals surface area contributed by atoms with Crippen molar-refractivity contribution in [3.8, 4) is 11.8 Å². The summed E-state index contributed by atoms with van der Waals surface area (Å²) in [6.07, 6.45) is 1.79. The maximum Gasteiger partial charge on any atom is 0.269 e. The van der Waals surface area contributed by atoms with E-state index in [1.807, 2.05) is 37.3 Å². The van der Waals surface area contributed by atoms with E-state index in [0.717, 1.165) is 29.3 Å². The number of nitro benzene ring substituents is 1. The number of imidazole rings is 1. The lowest BCUT2D eigenvalue weighted by Crippen LogP contribution is -2.00. The number of aromatic amines is 1. The number of benzene rings is 3. The number of rotatable bonds is 6. The summed E-state index contributed by atoms with van der Waals surface area (Å²) in [5.41, 5.74) is 4.84. The van der Waals surface area contributed by atoms with Crippen LogP contribution in [0.5, 0.6) is 5.75 Å². The fourth-order valence-corrected chi connectivity index (χ4v) is 5.42. The number of ether oxygens (including phenoxy) is 1. The van der Waals surface area contributed by atoms with E-state index in [-0.39, 0.29) is 12.3 Å². The molecule has 0 fully saturated rings. The normalized spacial score (nSPS) is 11.4. The standard InChI is InChI=1S/C24H16I2N4O3/c1-14-5-6-21-22(7-14)29-24(28-21)17(12-27)8-16-10-19(25)23(20(26)11-16)33-13-15-3-2-4-18(9-15)30(31)32/h2-11H,13H2,1H3,(H,28,29)/b17-8-. The molecular weight excluding hydrogens is 646 g/mol. The van der Waals surface area contributed by atoms with Crippen molar-refractivity contribution in [1.82, 2.24) is 9.97 Å². The number of aryl methyl sites for hydroxylation is 1. The van der Waals surface area contributed by atoms with E-state index in [0.29, 0.717) is 22.7 Å². The molecule has 0 spiro atoms. The van der Waals surface area contributed by atoms with Gasteiger partial charge in [-0.05, 0) is 99.1 Å². The van der Waals surface area contributed by atoms with Crippen molar-refractivity contribution in [2.24, 2.45) is 0 Å². The molecular formula is C24H16I2N4O3. The van der Waals surface area contributed by atoms with Gasteiger partial charge in [-0.15, -0.1) is 0 Å². The lowest BCUT2D eigenvalue weighted by molar-refractivity contribution is -0.384. The van der Waals surface area contributed by atoms with Crippen LogP contribution in [0.3, 0.4) is 0 Å². The van der Waals surface area contributed by atoms with Crippen LogP contribution < -0.4 is 4.74 Å². The van der Waals surface area contributed by atoms with Gasteiger partial charge in [0.15, 0.2) is 0 Å². The Bertz CT molecular complexity index is 1430. The second-order valence-electron chi connectivity index (χ2n) is 7.31. The van der Waals surface area contributed by atoms with Crippen LogP contribution in [0.4, 0.5) is 5.69 Å². The molecule has 0 saturated heterocycles. The van der Waals surface area contributed by atoms with Gasteiger partial charge >= 0.3 is 0 Å². The summed E-state index contributed by atoms with van der Waals surface area (Å²) < 4.78 is 7.71. The van der Waals surface area contributed by atoms with Crippen molar-refractivity contribution >= 4 is 73.6 Å². The molecule has 0 aliphatic heterocycles. The number of non-ortho nitro benzene ring substituents is 1. The first-order valence-corrected chi connectivity index (χ1v) is 11.9. The maximum atomic E-state index is 11.0. The van der Waals surface area contributed by atoms with Crippen molar-refractivity contribution in [2.45, 2.75) is 13.5 Å². The number of halogens is 2. The molecule has 0 aliphatic carbocycles. The number of fused-ring (bicyclic) bond motifs is 1. The number of nitro groups is 1. The third kappa shape index (κ3) is 5.33. The van der Waals surface area contributed by atoms with Crippen LogP contribution in [-0.2, 0) is 6.61 Å². The molecule has 0 unspecified atom stereocenters. The lowest BCUT2D eigenvalue weighted by Gasteiger charge is -2.12. The molecule has 7 nitrogen and oxygen atoms in total. The Morgan fingerprint density at radius 2 is 1.97 bits per heavy atom. The van der Waals surface area contributed by atoms with E-state index in [1.165, 1.54) is 12.1 Å². The van der Waals surface area contributed by atoms with Gasteiger partial charge in [0.05, 0.1) is 28.7 Å². The van der Waals surface area contributed by atoms with Crippen LogP contribution in [0.1, 0.15) is 22.5 Å².